The van der Waals surface area contributed by atoms with Gasteiger partial charge in [-0.25, -0.2) is 13.8 Å². The second-order valence-corrected chi connectivity index (χ2v) is 3.09. The Hall–Kier alpha value is -0.940. The van der Waals surface area contributed by atoms with Crippen molar-refractivity contribution in [3.8, 4) is 0 Å². The van der Waals surface area contributed by atoms with Gasteiger partial charge in [0.15, 0.2) is 0 Å². The Morgan fingerprint density at radius 2 is 2.07 bits per heavy atom. The Morgan fingerprint density at radius 1 is 1.50 bits per heavy atom. The summed E-state index contributed by atoms with van der Waals surface area (Å²) in [5.74, 6) is -1.06. The molecule has 0 fully saturated rings. The van der Waals surface area contributed by atoms with Crippen LogP contribution in [0.3, 0.4) is 0 Å². The fourth-order valence-corrected chi connectivity index (χ4v) is 1.29. The van der Waals surface area contributed by atoms with Gasteiger partial charge >= 0.3 is 0 Å². The van der Waals surface area contributed by atoms with Gasteiger partial charge in [-0.3, -0.25) is 4.79 Å². The smallest absolute Gasteiger partial charge is 0.266 e. The van der Waals surface area contributed by atoms with E-state index in [2.05, 4.69) is 4.98 Å². The number of amides is 1. The molecule has 1 aromatic heterocycles. The van der Waals surface area contributed by atoms with Crippen molar-refractivity contribution in [3.63, 3.8) is 0 Å². The third-order valence-corrected chi connectivity index (χ3v) is 2.24. The van der Waals surface area contributed by atoms with Gasteiger partial charge in [0, 0.05) is 6.20 Å². The highest BCUT2D eigenvalue weighted by Gasteiger charge is 2.22. The minimum absolute atomic E-state index is 0.232. The minimum Gasteiger partial charge on any atom is -0.366 e. The lowest BCUT2D eigenvalue weighted by atomic mass is 10.1. The zero-order chi connectivity index (χ0) is 10.9. The van der Waals surface area contributed by atoms with E-state index in [4.69, 9.17) is 28.9 Å². The molecule has 0 bridgehead atoms. The Kier molecular flexibility index (Phi) is 3.23. The van der Waals surface area contributed by atoms with Gasteiger partial charge in [-0.05, 0) is 0 Å². The van der Waals surface area contributed by atoms with Gasteiger partial charge in [0.2, 0.25) is 0 Å². The number of primary amides is 1. The number of carbonyl (C=O) groups is 1. The molecule has 76 valence electrons. The summed E-state index contributed by atoms with van der Waals surface area (Å²) in [7, 11) is 0. The Labute approximate surface area is 87.8 Å². The van der Waals surface area contributed by atoms with E-state index < -0.39 is 23.5 Å². The van der Waals surface area contributed by atoms with Crippen LogP contribution in [0.15, 0.2) is 6.20 Å². The molecule has 0 aromatic carbocycles. The summed E-state index contributed by atoms with van der Waals surface area (Å²) in [5, 5.41) is -0.582. The first-order valence-corrected chi connectivity index (χ1v) is 4.12. The molecule has 0 atom stereocenters. The SMILES string of the molecule is NC(=O)c1c(C(F)F)cnc(Cl)c1Cl. The van der Waals surface area contributed by atoms with E-state index in [0.29, 0.717) is 0 Å². The maximum Gasteiger partial charge on any atom is 0.266 e. The molecule has 0 spiro atoms. The van der Waals surface area contributed by atoms with Crippen LogP contribution in [0.1, 0.15) is 22.3 Å². The average molecular weight is 241 g/mol. The number of halogens is 4. The van der Waals surface area contributed by atoms with E-state index in [0.717, 1.165) is 6.20 Å². The van der Waals surface area contributed by atoms with Gasteiger partial charge in [-0.1, -0.05) is 23.2 Å². The van der Waals surface area contributed by atoms with Crippen LogP contribution in [0.4, 0.5) is 8.78 Å². The Morgan fingerprint density at radius 3 is 2.50 bits per heavy atom. The van der Waals surface area contributed by atoms with Gasteiger partial charge in [0.25, 0.3) is 12.3 Å². The third-order valence-electron chi connectivity index (χ3n) is 1.49. The molecule has 1 heterocycles. The van der Waals surface area contributed by atoms with E-state index in [-0.39, 0.29) is 10.2 Å². The molecule has 1 aromatic rings. The number of hydrogen-bond acceptors (Lipinski definition) is 2. The van der Waals surface area contributed by atoms with Crippen molar-refractivity contribution >= 4 is 29.1 Å². The minimum atomic E-state index is -2.88. The first-order chi connectivity index (χ1) is 6.45. The summed E-state index contributed by atoms with van der Waals surface area (Å²) >= 11 is 10.9. The summed E-state index contributed by atoms with van der Waals surface area (Å²) in [6, 6.07) is 0. The lowest BCUT2D eigenvalue weighted by molar-refractivity contribution is 0.0986. The maximum absolute atomic E-state index is 12.4. The molecule has 0 aliphatic carbocycles. The number of aromatic nitrogens is 1. The molecular weight excluding hydrogens is 237 g/mol. The molecule has 0 radical (unpaired) electrons. The van der Waals surface area contributed by atoms with Crippen molar-refractivity contribution in [2.45, 2.75) is 6.43 Å². The van der Waals surface area contributed by atoms with Crippen molar-refractivity contribution in [3.05, 3.63) is 27.5 Å². The molecule has 1 amide bonds. The molecule has 3 nitrogen and oxygen atoms in total. The lowest BCUT2D eigenvalue weighted by Crippen LogP contribution is -2.15. The van der Waals surface area contributed by atoms with Crippen molar-refractivity contribution < 1.29 is 13.6 Å². The van der Waals surface area contributed by atoms with Crippen LogP contribution >= 0.6 is 23.2 Å². The Balaban J connectivity index is 3.45. The van der Waals surface area contributed by atoms with Crippen LogP contribution in [0.25, 0.3) is 0 Å². The standard InChI is InChI=1S/C7H4Cl2F2N2O/c8-4-3(7(12)14)2(6(10)11)1-13-5(4)9/h1,6H,(H2,12,14). The van der Waals surface area contributed by atoms with Crippen LogP contribution in [0.2, 0.25) is 10.2 Å². The van der Waals surface area contributed by atoms with E-state index in [9.17, 15) is 13.6 Å². The molecule has 2 N–H and O–H groups in total. The van der Waals surface area contributed by atoms with Crippen LogP contribution in [0, 0.1) is 0 Å². The van der Waals surface area contributed by atoms with Crippen molar-refractivity contribution in [1.82, 2.24) is 4.98 Å². The first-order valence-electron chi connectivity index (χ1n) is 3.37. The second kappa shape index (κ2) is 4.06. The highest BCUT2D eigenvalue weighted by atomic mass is 35.5. The number of alkyl halides is 2. The fourth-order valence-electron chi connectivity index (χ4n) is 0.893. The predicted octanol–water partition coefficient (Wildman–Crippen LogP) is 2.42. The summed E-state index contributed by atoms with van der Waals surface area (Å²) in [4.78, 5) is 14.2. The number of pyridine rings is 1. The van der Waals surface area contributed by atoms with Gasteiger partial charge in [0.05, 0.1) is 16.1 Å². The number of hydrogen-bond donors (Lipinski definition) is 1. The molecule has 0 saturated carbocycles. The topological polar surface area (TPSA) is 56.0 Å². The highest BCUT2D eigenvalue weighted by molar-refractivity contribution is 6.43. The predicted molar refractivity (Wildman–Crippen MR) is 47.7 cm³/mol. The number of rotatable bonds is 2. The maximum atomic E-state index is 12.4. The second-order valence-electron chi connectivity index (χ2n) is 2.36. The molecule has 0 aliphatic heterocycles. The van der Waals surface area contributed by atoms with Gasteiger partial charge in [-0.15, -0.1) is 0 Å². The van der Waals surface area contributed by atoms with E-state index >= 15 is 0 Å². The molecule has 14 heavy (non-hydrogen) atoms. The molecular formula is C7H4Cl2F2N2O. The van der Waals surface area contributed by atoms with Crippen molar-refractivity contribution in [2.24, 2.45) is 5.73 Å². The van der Waals surface area contributed by atoms with Gasteiger partial charge < -0.3 is 5.73 Å². The zero-order valence-electron chi connectivity index (χ0n) is 6.60. The van der Waals surface area contributed by atoms with Gasteiger partial charge in [-0.2, -0.15) is 0 Å². The van der Waals surface area contributed by atoms with E-state index in [1.54, 1.807) is 0 Å². The highest BCUT2D eigenvalue weighted by Crippen LogP contribution is 2.31. The Bertz CT molecular complexity index is 384. The van der Waals surface area contributed by atoms with Crippen molar-refractivity contribution in [2.75, 3.05) is 0 Å². The molecule has 1 rings (SSSR count). The zero-order valence-corrected chi connectivity index (χ0v) is 8.11. The number of nitrogens with two attached hydrogens (primary N) is 1. The normalized spacial score (nSPS) is 10.6. The van der Waals surface area contributed by atoms with Crippen LogP contribution in [0.5, 0.6) is 0 Å². The summed E-state index contributed by atoms with van der Waals surface area (Å²) in [6.07, 6.45) is -2.10. The summed E-state index contributed by atoms with van der Waals surface area (Å²) < 4.78 is 24.7. The van der Waals surface area contributed by atoms with E-state index in [1.165, 1.54) is 0 Å². The molecule has 0 saturated heterocycles. The molecule has 0 unspecified atom stereocenters. The molecule has 0 aliphatic rings. The average Bonchev–Trinajstić information content (AvgIpc) is 2.08. The van der Waals surface area contributed by atoms with Gasteiger partial charge in [0.1, 0.15) is 5.15 Å². The summed E-state index contributed by atoms with van der Waals surface area (Å²) in [6.45, 7) is 0. The van der Waals surface area contributed by atoms with Crippen LogP contribution in [-0.2, 0) is 0 Å². The fraction of sp³-hybridized carbons (Fsp3) is 0.143. The quantitative estimate of drug-likeness (QED) is 0.808. The van der Waals surface area contributed by atoms with Crippen LogP contribution in [-0.4, -0.2) is 10.9 Å². The molecule has 7 heteroatoms. The largest absolute Gasteiger partial charge is 0.366 e. The van der Waals surface area contributed by atoms with Crippen LogP contribution < -0.4 is 5.73 Å². The lowest BCUT2D eigenvalue weighted by Gasteiger charge is -2.07. The summed E-state index contributed by atoms with van der Waals surface area (Å²) in [5.41, 5.74) is 3.78. The van der Waals surface area contributed by atoms with E-state index in [1.807, 2.05) is 0 Å². The first kappa shape index (κ1) is 11.1. The number of carbonyl (C=O) groups excluding carboxylic acids is 1. The number of nitrogens with zero attached hydrogens (tertiary/aromatic N) is 1. The monoisotopic (exact) mass is 240 g/mol. The third kappa shape index (κ3) is 1.93. The van der Waals surface area contributed by atoms with Crippen molar-refractivity contribution in [1.29, 1.82) is 0 Å².